The molecule has 0 unspecified atom stereocenters. The largest absolute Gasteiger partial charge is 0.496 e. The highest BCUT2D eigenvalue weighted by atomic mass is 79.9. The average Bonchev–Trinajstić information content (AvgIpc) is 2.54. The molecule has 0 amide bonds. The Balaban J connectivity index is 1.87. The number of benzene rings is 2. The Bertz CT molecular complexity index is 780. The number of hydrogen-bond donors (Lipinski definition) is 0. The molecule has 6 heteroatoms. The highest BCUT2D eigenvalue weighted by Crippen LogP contribution is 2.40. The fourth-order valence-corrected chi connectivity index (χ4v) is 4.07. The molecule has 2 aromatic carbocycles. The number of ether oxygens (including phenoxy) is 2. The summed E-state index contributed by atoms with van der Waals surface area (Å²) in [7, 11) is 1.55. The Morgan fingerprint density at radius 3 is 2.44 bits per heavy atom. The Morgan fingerprint density at radius 1 is 1.20 bits per heavy atom. The quantitative estimate of drug-likeness (QED) is 0.454. The van der Waals surface area contributed by atoms with Gasteiger partial charge in [0.2, 0.25) is 0 Å². The summed E-state index contributed by atoms with van der Waals surface area (Å²) in [6.45, 7) is 0. The van der Waals surface area contributed by atoms with E-state index in [4.69, 9.17) is 32.7 Å². The minimum atomic E-state index is 0.0694. The van der Waals surface area contributed by atoms with Crippen molar-refractivity contribution in [2.24, 2.45) is 5.92 Å². The smallest absolute Gasteiger partial charge is 0.167 e. The lowest BCUT2D eigenvalue weighted by Crippen LogP contribution is -2.16. The Hall–Kier alpha value is -1.23. The number of Topliss-reactive ketones (excluding diaryl/α,β-unsaturated/α-hetero) is 1. The van der Waals surface area contributed by atoms with Gasteiger partial charge in [0.15, 0.2) is 11.5 Å². The number of ketones is 1. The number of carbonyl (C=O) groups is 1. The lowest BCUT2D eigenvalue weighted by molar-refractivity contribution is 0.0933. The molecule has 0 atom stereocenters. The van der Waals surface area contributed by atoms with Gasteiger partial charge in [0.25, 0.3) is 0 Å². The maximum atomic E-state index is 12.6. The van der Waals surface area contributed by atoms with Crippen LogP contribution in [0.3, 0.4) is 0 Å². The highest BCUT2D eigenvalue weighted by Gasteiger charge is 2.23. The van der Waals surface area contributed by atoms with Crippen molar-refractivity contribution in [3.63, 3.8) is 0 Å². The zero-order chi connectivity index (χ0) is 18.0. The van der Waals surface area contributed by atoms with E-state index in [-0.39, 0.29) is 5.78 Å². The van der Waals surface area contributed by atoms with Gasteiger partial charge in [0.1, 0.15) is 11.5 Å². The first-order valence-corrected chi connectivity index (χ1v) is 9.56. The molecule has 2 aromatic rings. The van der Waals surface area contributed by atoms with E-state index in [2.05, 4.69) is 15.9 Å². The second-order valence-electron chi connectivity index (χ2n) is 6.09. The third-order valence-electron chi connectivity index (χ3n) is 4.35. The van der Waals surface area contributed by atoms with Crippen LogP contribution in [-0.4, -0.2) is 12.9 Å². The fraction of sp³-hybridized carbons (Fsp3) is 0.316. The summed E-state index contributed by atoms with van der Waals surface area (Å²) in [4.78, 5) is 12.6. The van der Waals surface area contributed by atoms with Crippen molar-refractivity contribution in [2.75, 3.05) is 7.11 Å². The Labute approximate surface area is 165 Å². The standard InChI is InChI=1S/C19H17BrCl2O3/c1-24-18-6-5-13(10-14(18)17(23)7-11-3-2-4-11)25-19-15(21)8-12(20)9-16(19)22/h5-6,8-11H,2-4,7H2,1H3. The van der Waals surface area contributed by atoms with E-state index in [0.717, 1.165) is 17.3 Å². The van der Waals surface area contributed by atoms with E-state index in [9.17, 15) is 4.79 Å². The average molecular weight is 444 g/mol. The second kappa shape index (κ2) is 7.98. The van der Waals surface area contributed by atoms with Gasteiger partial charge < -0.3 is 9.47 Å². The van der Waals surface area contributed by atoms with Crippen LogP contribution in [0.4, 0.5) is 0 Å². The third-order valence-corrected chi connectivity index (χ3v) is 5.37. The first kappa shape index (κ1) is 18.6. The van der Waals surface area contributed by atoms with Crippen LogP contribution in [0.5, 0.6) is 17.2 Å². The summed E-state index contributed by atoms with van der Waals surface area (Å²) < 4.78 is 11.9. The molecule has 0 N–H and O–H groups in total. The molecule has 3 nitrogen and oxygen atoms in total. The molecule has 0 heterocycles. The number of methoxy groups -OCH3 is 1. The van der Waals surface area contributed by atoms with Gasteiger partial charge in [0, 0.05) is 10.9 Å². The zero-order valence-electron chi connectivity index (χ0n) is 13.7. The molecule has 0 radical (unpaired) electrons. The van der Waals surface area contributed by atoms with Gasteiger partial charge in [-0.2, -0.15) is 0 Å². The molecular weight excluding hydrogens is 427 g/mol. The van der Waals surface area contributed by atoms with Crippen LogP contribution in [-0.2, 0) is 0 Å². The van der Waals surface area contributed by atoms with Gasteiger partial charge in [-0.15, -0.1) is 0 Å². The van der Waals surface area contributed by atoms with Crippen LogP contribution in [0, 0.1) is 5.92 Å². The third kappa shape index (κ3) is 4.30. The van der Waals surface area contributed by atoms with Crippen LogP contribution in [0.2, 0.25) is 10.0 Å². The van der Waals surface area contributed by atoms with Crippen molar-refractivity contribution in [1.29, 1.82) is 0 Å². The Morgan fingerprint density at radius 2 is 1.88 bits per heavy atom. The van der Waals surface area contributed by atoms with Crippen LogP contribution in [0.15, 0.2) is 34.8 Å². The lowest BCUT2D eigenvalue weighted by atomic mass is 9.81. The van der Waals surface area contributed by atoms with Crippen LogP contribution >= 0.6 is 39.1 Å². The van der Waals surface area contributed by atoms with E-state index in [1.807, 2.05) is 0 Å². The zero-order valence-corrected chi connectivity index (χ0v) is 16.7. The summed E-state index contributed by atoms with van der Waals surface area (Å²) in [5.74, 6) is 1.94. The summed E-state index contributed by atoms with van der Waals surface area (Å²) in [5.41, 5.74) is 0.524. The molecule has 25 heavy (non-hydrogen) atoms. The van der Waals surface area contributed by atoms with Crippen LogP contribution in [0.1, 0.15) is 36.0 Å². The van der Waals surface area contributed by atoms with Crippen molar-refractivity contribution in [3.8, 4) is 17.2 Å². The van der Waals surface area contributed by atoms with Gasteiger partial charge in [0.05, 0.1) is 22.7 Å². The topological polar surface area (TPSA) is 35.5 Å². The van der Waals surface area contributed by atoms with Crippen molar-refractivity contribution >= 4 is 44.9 Å². The first-order chi connectivity index (χ1) is 12.0. The van der Waals surface area contributed by atoms with Crippen LogP contribution in [0.25, 0.3) is 0 Å². The molecule has 1 saturated carbocycles. The first-order valence-electron chi connectivity index (χ1n) is 8.01. The lowest BCUT2D eigenvalue weighted by Gasteiger charge is -2.24. The molecule has 1 fully saturated rings. The van der Waals surface area contributed by atoms with Gasteiger partial charge >= 0.3 is 0 Å². The molecule has 0 spiro atoms. The molecule has 3 rings (SSSR count). The molecule has 0 aliphatic heterocycles. The molecule has 1 aliphatic rings. The van der Waals surface area contributed by atoms with Crippen molar-refractivity contribution in [2.45, 2.75) is 25.7 Å². The minimum Gasteiger partial charge on any atom is -0.496 e. The van der Waals surface area contributed by atoms with Crippen LogP contribution < -0.4 is 9.47 Å². The summed E-state index contributed by atoms with van der Waals surface area (Å²) in [5, 5.41) is 0.773. The van der Waals surface area contributed by atoms with E-state index < -0.39 is 0 Å². The minimum absolute atomic E-state index is 0.0694. The molecule has 0 bridgehead atoms. The highest BCUT2D eigenvalue weighted by molar-refractivity contribution is 9.10. The maximum absolute atomic E-state index is 12.6. The van der Waals surface area contributed by atoms with Crippen molar-refractivity contribution in [1.82, 2.24) is 0 Å². The van der Waals surface area contributed by atoms with Gasteiger partial charge in [-0.05, 0) is 36.2 Å². The summed E-state index contributed by atoms with van der Waals surface area (Å²) in [6, 6.07) is 8.55. The number of rotatable bonds is 6. The normalized spacial score (nSPS) is 14.1. The second-order valence-corrected chi connectivity index (χ2v) is 7.82. The predicted molar refractivity (Wildman–Crippen MR) is 104 cm³/mol. The molecular formula is C19H17BrCl2O3. The molecule has 0 aromatic heterocycles. The number of carbonyl (C=O) groups excluding carboxylic acids is 1. The number of hydrogen-bond acceptors (Lipinski definition) is 3. The van der Waals surface area contributed by atoms with Gasteiger partial charge in [-0.1, -0.05) is 58.4 Å². The van der Waals surface area contributed by atoms with Gasteiger partial charge in [-0.25, -0.2) is 0 Å². The summed E-state index contributed by atoms with van der Waals surface area (Å²) in [6.07, 6.45) is 3.99. The predicted octanol–water partition coefficient (Wildman–Crippen LogP) is 6.93. The van der Waals surface area contributed by atoms with E-state index in [0.29, 0.717) is 45.2 Å². The summed E-state index contributed by atoms with van der Waals surface area (Å²) >= 11 is 15.8. The molecule has 1 aliphatic carbocycles. The van der Waals surface area contributed by atoms with E-state index in [1.54, 1.807) is 37.4 Å². The number of halogens is 3. The fourth-order valence-electron chi connectivity index (χ4n) is 2.78. The Kier molecular flexibility index (Phi) is 5.92. The molecule has 0 saturated heterocycles. The monoisotopic (exact) mass is 442 g/mol. The van der Waals surface area contributed by atoms with Gasteiger partial charge in [-0.3, -0.25) is 4.79 Å². The molecule has 132 valence electrons. The van der Waals surface area contributed by atoms with E-state index >= 15 is 0 Å². The van der Waals surface area contributed by atoms with E-state index in [1.165, 1.54) is 6.42 Å². The van der Waals surface area contributed by atoms with Crippen molar-refractivity contribution < 1.29 is 14.3 Å². The van der Waals surface area contributed by atoms with Crippen molar-refractivity contribution in [3.05, 3.63) is 50.4 Å². The SMILES string of the molecule is COc1ccc(Oc2c(Cl)cc(Br)cc2Cl)cc1C(=O)CC1CCC1. The maximum Gasteiger partial charge on any atom is 0.167 e.